The van der Waals surface area contributed by atoms with Gasteiger partial charge in [0.15, 0.2) is 0 Å². The molecule has 0 saturated carbocycles. The summed E-state index contributed by atoms with van der Waals surface area (Å²) in [7, 11) is -1.52. The van der Waals surface area contributed by atoms with Crippen LogP contribution in [0.4, 0.5) is 21.5 Å². The van der Waals surface area contributed by atoms with Crippen molar-refractivity contribution in [1.82, 2.24) is 0 Å². The SMILES string of the molecule is OB(O)c1ccc(N(c2ccc(F)cc2)c2ccc(-c3ccccc3)cc2)cc1. The highest BCUT2D eigenvalue weighted by atomic mass is 19.1. The first kappa shape index (κ1) is 18.9. The van der Waals surface area contributed by atoms with E-state index in [0.29, 0.717) is 5.46 Å². The molecule has 0 heterocycles. The van der Waals surface area contributed by atoms with E-state index < -0.39 is 7.12 Å². The summed E-state index contributed by atoms with van der Waals surface area (Å²) in [6, 6.07) is 31.5. The lowest BCUT2D eigenvalue weighted by Crippen LogP contribution is -2.29. The van der Waals surface area contributed by atoms with Gasteiger partial charge in [-0.15, -0.1) is 0 Å². The van der Waals surface area contributed by atoms with Crippen LogP contribution in [-0.4, -0.2) is 17.2 Å². The van der Waals surface area contributed by atoms with Crippen molar-refractivity contribution in [3.8, 4) is 11.1 Å². The fourth-order valence-corrected chi connectivity index (χ4v) is 3.27. The second-order valence-electron chi connectivity index (χ2n) is 6.69. The molecule has 0 unspecified atom stereocenters. The molecule has 5 heteroatoms. The number of benzene rings is 4. The van der Waals surface area contributed by atoms with Crippen LogP contribution in [0.15, 0.2) is 103 Å². The monoisotopic (exact) mass is 383 g/mol. The lowest BCUT2D eigenvalue weighted by atomic mass is 9.80. The maximum Gasteiger partial charge on any atom is 0.488 e. The van der Waals surface area contributed by atoms with Gasteiger partial charge in [0, 0.05) is 17.1 Å². The van der Waals surface area contributed by atoms with Gasteiger partial charge < -0.3 is 14.9 Å². The molecule has 0 spiro atoms. The highest BCUT2D eigenvalue weighted by Crippen LogP contribution is 2.35. The van der Waals surface area contributed by atoms with Gasteiger partial charge >= 0.3 is 7.12 Å². The van der Waals surface area contributed by atoms with E-state index in [9.17, 15) is 14.4 Å². The zero-order valence-electron chi connectivity index (χ0n) is 15.6. The molecule has 0 aliphatic carbocycles. The third kappa shape index (κ3) is 4.21. The zero-order chi connectivity index (χ0) is 20.2. The quantitative estimate of drug-likeness (QED) is 0.494. The molecule has 4 aromatic rings. The van der Waals surface area contributed by atoms with Crippen molar-refractivity contribution in [3.05, 3.63) is 109 Å². The Morgan fingerprint density at radius 2 is 1.00 bits per heavy atom. The van der Waals surface area contributed by atoms with Crippen molar-refractivity contribution in [2.75, 3.05) is 4.90 Å². The molecule has 0 atom stereocenters. The predicted molar refractivity (Wildman–Crippen MR) is 116 cm³/mol. The minimum Gasteiger partial charge on any atom is -0.423 e. The molecule has 0 fully saturated rings. The summed E-state index contributed by atoms with van der Waals surface area (Å²) in [6.07, 6.45) is 0. The smallest absolute Gasteiger partial charge is 0.423 e. The normalized spacial score (nSPS) is 10.6. The highest BCUT2D eigenvalue weighted by molar-refractivity contribution is 6.58. The van der Waals surface area contributed by atoms with Gasteiger partial charge in [0.25, 0.3) is 0 Å². The van der Waals surface area contributed by atoms with E-state index in [2.05, 4.69) is 12.1 Å². The summed E-state index contributed by atoms with van der Waals surface area (Å²) in [5.74, 6) is -0.299. The standard InChI is InChI=1S/C24H19BFNO2/c26-21-10-16-24(17-11-21)27(23-14-8-20(9-15-23)25(28)29)22-12-6-19(7-13-22)18-4-2-1-3-5-18/h1-17,28-29H. The van der Waals surface area contributed by atoms with Crippen LogP contribution in [-0.2, 0) is 0 Å². The van der Waals surface area contributed by atoms with Crippen LogP contribution in [0.5, 0.6) is 0 Å². The van der Waals surface area contributed by atoms with Crippen molar-refractivity contribution in [2.45, 2.75) is 0 Å². The molecule has 0 amide bonds. The Labute approximate surface area is 169 Å². The first-order valence-electron chi connectivity index (χ1n) is 9.29. The van der Waals surface area contributed by atoms with Crippen LogP contribution in [0.1, 0.15) is 0 Å². The molecule has 3 nitrogen and oxygen atoms in total. The van der Waals surface area contributed by atoms with E-state index in [4.69, 9.17) is 0 Å². The van der Waals surface area contributed by atoms with Crippen LogP contribution in [0, 0.1) is 5.82 Å². The van der Waals surface area contributed by atoms with Crippen molar-refractivity contribution in [2.24, 2.45) is 0 Å². The van der Waals surface area contributed by atoms with E-state index in [1.54, 1.807) is 24.3 Å². The summed E-state index contributed by atoms with van der Waals surface area (Å²) < 4.78 is 13.5. The number of rotatable bonds is 5. The number of hydrogen-bond donors (Lipinski definition) is 2. The molecule has 0 aliphatic heterocycles. The van der Waals surface area contributed by atoms with Crippen molar-refractivity contribution in [1.29, 1.82) is 0 Å². The topological polar surface area (TPSA) is 43.7 Å². The fraction of sp³-hybridized carbons (Fsp3) is 0. The van der Waals surface area contributed by atoms with Gasteiger partial charge in [-0.2, -0.15) is 0 Å². The van der Waals surface area contributed by atoms with Gasteiger partial charge in [-0.25, -0.2) is 4.39 Å². The summed E-state index contributed by atoms with van der Waals surface area (Å²) in [6.45, 7) is 0. The highest BCUT2D eigenvalue weighted by Gasteiger charge is 2.15. The van der Waals surface area contributed by atoms with Crippen molar-refractivity contribution in [3.63, 3.8) is 0 Å². The van der Waals surface area contributed by atoms with E-state index in [1.165, 1.54) is 12.1 Å². The lowest BCUT2D eigenvalue weighted by Gasteiger charge is -2.26. The first-order valence-corrected chi connectivity index (χ1v) is 9.29. The van der Waals surface area contributed by atoms with E-state index in [0.717, 1.165) is 28.2 Å². The molecular formula is C24H19BFNO2. The molecule has 29 heavy (non-hydrogen) atoms. The number of halogens is 1. The molecule has 0 aliphatic rings. The molecule has 2 N–H and O–H groups in total. The van der Waals surface area contributed by atoms with Gasteiger partial charge in [-0.05, 0) is 65.1 Å². The average Bonchev–Trinajstić information content (AvgIpc) is 2.77. The molecule has 4 aromatic carbocycles. The van der Waals surface area contributed by atoms with Crippen LogP contribution >= 0.6 is 0 Å². The molecular weight excluding hydrogens is 364 g/mol. The molecule has 0 radical (unpaired) electrons. The third-order valence-electron chi connectivity index (χ3n) is 4.77. The minimum atomic E-state index is -1.52. The van der Waals surface area contributed by atoms with Gasteiger partial charge in [0.1, 0.15) is 5.82 Å². The van der Waals surface area contributed by atoms with Crippen LogP contribution in [0.2, 0.25) is 0 Å². The molecule has 142 valence electrons. The fourth-order valence-electron chi connectivity index (χ4n) is 3.27. The third-order valence-corrected chi connectivity index (χ3v) is 4.77. The second-order valence-corrected chi connectivity index (χ2v) is 6.69. The minimum absolute atomic E-state index is 0.299. The maximum absolute atomic E-state index is 13.5. The van der Waals surface area contributed by atoms with E-state index in [1.807, 2.05) is 59.5 Å². The number of nitrogens with zero attached hydrogens (tertiary/aromatic N) is 1. The summed E-state index contributed by atoms with van der Waals surface area (Å²) >= 11 is 0. The van der Waals surface area contributed by atoms with Gasteiger partial charge in [0.2, 0.25) is 0 Å². The summed E-state index contributed by atoms with van der Waals surface area (Å²) in [4.78, 5) is 1.99. The van der Waals surface area contributed by atoms with Crippen molar-refractivity contribution >= 4 is 29.6 Å². The van der Waals surface area contributed by atoms with Gasteiger partial charge in [0.05, 0.1) is 0 Å². The lowest BCUT2D eigenvalue weighted by molar-refractivity contribution is 0.426. The summed E-state index contributed by atoms with van der Waals surface area (Å²) in [5.41, 5.74) is 5.19. The van der Waals surface area contributed by atoms with Crippen molar-refractivity contribution < 1.29 is 14.4 Å². The van der Waals surface area contributed by atoms with Crippen LogP contribution in [0.25, 0.3) is 11.1 Å². The van der Waals surface area contributed by atoms with Gasteiger partial charge in [-0.1, -0.05) is 54.6 Å². The molecule has 0 aromatic heterocycles. The van der Waals surface area contributed by atoms with E-state index >= 15 is 0 Å². The largest absolute Gasteiger partial charge is 0.488 e. The average molecular weight is 383 g/mol. The molecule has 0 bridgehead atoms. The summed E-state index contributed by atoms with van der Waals surface area (Å²) in [5, 5.41) is 18.7. The molecule has 0 saturated heterocycles. The number of anilines is 3. The van der Waals surface area contributed by atoms with Gasteiger partial charge in [-0.3, -0.25) is 0 Å². The Morgan fingerprint density at radius 3 is 1.52 bits per heavy atom. The Balaban J connectivity index is 1.75. The predicted octanol–water partition coefficient (Wildman–Crippen LogP) is 4.64. The Bertz CT molecular complexity index is 1070. The van der Waals surface area contributed by atoms with E-state index in [-0.39, 0.29) is 5.82 Å². The zero-order valence-corrected chi connectivity index (χ0v) is 15.6. The molecule has 4 rings (SSSR count). The maximum atomic E-state index is 13.5. The Kier molecular flexibility index (Phi) is 5.43. The Hall–Kier alpha value is -3.41. The van der Waals surface area contributed by atoms with Crippen LogP contribution < -0.4 is 10.4 Å². The number of hydrogen-bond acceptors (Lipinski definition) is 3. The first-order chi connectivity index (χ1) is 14.1. The van der Waals surface area contributed by atoms with Crippen LogP contribution in [0.3, 0.4) is 0 Å². The second kappa shape index (κ2) is 8.31. The Morgan fingerprint density at radius 1 is 0.552 bits per heavy atom.